The average Bonchev–Trinajstić information content (AvgIpc) is 1.37. The fraction of sp³-hybridized carbons (Fsp3) is 0. The van der Waals surface area contributed by atoms with Gasteiger partial charge in [0.25, 0.3) is 0 Å². The summed E-state index contributed by atoms with van der Waals surface area (Å²) in [6.45, 7) is -0.194. The predicted octanol–water partition coefficient (Wildman–Crippen LogP) is 0.214. The Kier molecular flexibility index (Phi) is 1.91. The van der Waals surface area contributed by atoms with Gasteiger partial charge in [-0.25, -0.2) is 0 Å². The summed E-state index contributed by atoms with van der Waals surface area (Å²) in [6, 6.07) is 0. The topological polar surface area (TPSA) is 36.4 Å². The van der Waals surface area contributed by atoms with Crippen molar-refractivity contribution in [1.82, 2.24) is 0 Å². The van der Waals surface area contributed by atoms with E-state index in [0.717, 1.165) is 0 Å². The van der Waals surface area contributed by atoms with Crippen LogP contribution in [0.25, 0.3) is 5.53 Å². The van der Waals surface area contributed by atoms with Crippen molar-refractivity contribution in [3.63, 3.8) is 0 Å². The Hall–Kier alpha value is -0.690. The van der Waals surface area contributed by atoms with Crippen LogP contribution in [-0.2, 0) is 0 Å². The molecule has 0 saturated heterocycles. The van der Waals surface area contributed by atoms with E-state index in [1.54, 1.807) is 0 Å². The lowest BCUT2D eigenvalue weighted by molar-refractivity contribution is -0.00907. The lowest BCUT2D eigenvalue weighted by Gasteiger charge is -1.28. The Balaban J connectivity index is 3.11. The molecule has 2 nitrogen and oxygen atoms in total. The van der Waals surface area contributed by atoms with E-state index in [-0.39, 0.29) is 6.47 Å². The van der Waals surface area contributed by atoms with Gasteiger partial charge in [0.2, 0.25) is 0 Å². The van der Waals surface area contributed by atoms with Crippen LogP contribution < -0.4 is 0 Å². The van der Waals surface area contributed by atoms with Gasteiger partial charge in [0.1, 0.15) is 0 Å². The Morgan fingerprint density at radius 2 is 2.25 bits per heavy atom. The molecular formula is CHFN2. The van der Waals surface area contributed by atoms with E-state index in [4.69, 9.17) is 5.53 Å². The second kappa shape index (κ2) is 2.31. The van der Waals surface area contributed by atoms with E-state index in [9.17, 15) is 4.39 Å². The molecule has 0 aromatic carbocycles. The quantitative estimate of drug-likeness (QED) is 0.218. The van der Waals surface area contributed by atoms with Gasteiger partial charge in [0, 0.05) is 0 Å². The molecule has 0 heterocycles. The minimum absolute atomic E-state index is 0.194. The third kappa shape index (κ3) is 1.31. The van der Waals surface area contributed by atoms with Crippen molar-refractivity contribution in [2.75, 3.05) is 0 Å². The normalized spacial score (nSPS) is 4.25. The van der Waals surface area contributed by atoms with Crippen LogP contribution >= 0.6 is 0 Å². The Bertz CT molecular complexity index is 44.0. The largest absolute Gasteiger partial charge is 0.430 e. The van der Waals surface area contributed by atoms with E-state index in [2.05, 4.69) is 0 Å². The molecule has 0 spiro atoms. The number of halogens is 1. The smallest absolute Gasteiger partial charge is 0.359 e. The summed E-state index contributed by atoms with van der Waals surface area (Å²) >= 11 is 0. The van der Waals surface area contributed by atoms with Gasteiger partial charge >= 0.3 is 6.47 Å². The highest BCUT2D eigenvalue weighted by Crippen LogP contribution is 1.30. The Morgan fingerprint density at radius 1 is 2.00 bits per heavy atom. The molecule has 0 bridgehead atoms. The van der Waals surface area contributed by atoms with Crippen LogP contribution in [0, 0.1) is 0 Å². The SMILES string of the molecule is [N-]=[N+]=CF. The van der Waals surface area contributed by atoms with Crippen LogP contribution in [0.3, 0.4) is 0 Å². The van der Waals surface area contributed by atoms with Crippen molar-refractivity contribution < 1.29 is 9.18 Å². The highest BCUT2D eigenvalue weighted by molar-refractivity contribution is 5.35. The maximum absolute atomic E-state index is 10.2. The molecule has 22 valence electrons. The molecule has 3 heteroatoms. The minimum atomic E-state index is -0.194. The van der Waals surface area contributed by atoms with Gasteiger partial charge in [-0.15, -0.1) is 9.18 Å². The van der Waals surface area contributed by atoms with E-state index in [0.29, 0.717) is 0 Å². The molecule has 0 amide bonds. The Morgan fingerprint density at radius 3 is 2.25 bits per heavy atom. The average molecular weight is 60.0 g/mol. The molecule has 0 atom stereocenters. The minimum Gasteiger partial charge on any atom is -0.359 e. The molecule has 0 N–H and O–H groups in total. The second-order valence-corrected chi connectivity index (χ2v) is 0.213. The monoisotopic (exact) mass is 60.0 g/mol. The summed E-state index contributed by atoms with van der Waals surface area (Å²) in [5.74, 6) is 0. The number of hydrogen-bond donors (Lipinski definition) is 0. The van der Waals surface area contributed by atoms with E-state index >= 15 is 0 Å². The van der Waals surface area contributed by atoms with Gasteiger partial charge < -0.3 is 5.53 Å². The summed E-state index contributed by atoms with van der Waals surface area (Å²) in [6.07, 6.45) is 0. The van der Waals surface area contributed by atoms with Gasteiger partial charge in [0.15, 0.2) is 0 Å². The molecule has 0 aromatic rings. The van der Waals surface area contributed by atoms with Gasteiger partial charge in [-0.3, -0.25) is 0 Å². The Labute approximate surface area is 22.5 Å². The molecule has 0 aromatic heterocycles. The molecule has 4 heavy (non-hydrogen) atoms. The van der Waals surface area contributed by atoms with Gasteiger partial charge in [-0.1, -0.05) is 0 Å². The number of nitrogens with zero attached hydrogens (tertiary/aromatic N) is 2. The first-order valence-corrected chi connectivity index (χ1v) is 0.676. The van der Waals surface area contributed by atoms with Crippen LogP contribution in [-0.4, -0.2) is 11.3 Å². The zero-order chi connectivity index (χ0) is 3.41. The highest BCUT2D eigenvalue weighted by atomic mass is 19.1. The molecule has 0 aliphatic carbocycles. The third-order valence-electron chi connectivity index (χ3n) is 0.0436. The number of hydrogen-bond acceptors (Lipinski definition) is 0. The van der Waals surface area contributed by atoms with Crippen molar-refractivity contribution in [3.05, 3.63) is 5.53 Å². The summed E-state index contributed by atoms with van der Waals surface area (Å²) in [5.41, 5.74) is 7.07. The van der Waals surface area contributed by atoms with Gasteiger partial charge in [0.05, 0.1) is 0 Å². The summed E-state index contributed by atoms with van der Waals surface area (Å²) in [7, 11) is 0. The molecule has 0 aliphatic rings. The summed E-state index contributed by atoms with van der Waals surface area (Å²) < 4.78 is 10.2. The van der Waals surface area contributed by atoms with Crippen LogP contribution in [0.1, 0.15) is 0 Å². The first kappa shape index (κ1) is 3.31. The standard InChI is InChI=1S/CHFN2/c2-1-4-3/h1H. The van der Waals surface area contributed by atoms with Gasteiger partial charge in [-0.05, 0) is 0 Å². The van der Waals surface area contributed by atoms with Crippen LogP contribution in [0.15, 0.2) is 0 Å². The van der Waals surface area contributed by atoms with Crippen molar-refractivity contribution in [1.29, 1.82) is 0 Å². The first-order chi connectivity index (χ1) is 1.91. The highest BCUT2D eigenvalue weighted by Gasteiger charge is 1.45. The lowest BCUT2D eigenvalue weighted by atomic mass is 11.6. The lowest BCUT2D eigenvalue weighted by Crippen LogP contribution is -1.44. The zero-order valence-corrected chi connectivity index (χ0v) is 1.85. The van der Waals surface area contributed by atoms with Crippen molar-refractivity contribution in [3.8, 4) is 0 Å². The summed E-state index contributed by atoms with van der Waals surface area (Å²) in [4.78, 5) is 1.94. The van der Waals surface area contributed by atoms with E-state index < -0.39 is 0 Å². The third-order valence-corrected chi connectivity index (χ3v) is 0.0436. The van der Waals surface area contributed by atoms with Crippen LogP contribution in [0.5, 0.6) is 0 Å². The molecular weight excluding hydrogens is 59.0 g/mol. The van der Waals surface area contributed by atoms with Crippen LogP contribution in [0.2, 0.25) is 0 Å². The maximum Gasteiger partial charge on any atom is 0.430 e. The fourth-order valence-electron chi connectivity index (χ4n) is 0. The van der Waals surface area contributed by atoms with Gasteiger partial charge in [-0.2, -0.15) is 0 Å². The molecule has 0 fully saturated rings. The second-order valence-electron chi connectivity index (χ2n) is 0.213. The maximum atomic E-state index is 10.2. The van der Waals surface area contributed by atoms with E-state index in [1.165, 1.54) is 0 Å². The molecule has 0 unspecified atom stereocenters. The molecule has 0 aliphatic heterocycles. The van der Waals surface area contributed by atoms with Crippen molar-refractivity contribution in [2.45, 2.75) is 0 Å². The zero-order valence-electron chi connectivity index (χ0n) is 1.85. The van der Waals surface area contributed by atoms with E-state index in [1.807, 2.05) is 4.79 Å². The number of rotatable bonds is 0. The molecule has 0 saturated carbocycles. The first-order valence-electron chi connectivity index (χ1n) is 0.676. The summed E-state index contributed by atoms with van der Waals surface area (Å²) in [5, 5.41) is 0. The molecule has 0 rings (SSSR count). The van der Waals surface area contributed by atoms with Crippen LogP contribution in [0.4, 0.5) is 4.39 Å². The fourth-order valence-corrected chi connectivity index (χ4v) is 0. The van der Waals surface area contributed by atoms with Crippen molar-refractivity contribution in [2.24, 2.45) is 0 Å². The molecule has 0 radical (unpaired) electrons. The predicted molar refractivity (Wildman–Crippen MR) is 10.8 cm³/mol. The van der Waals surface area contributed by atoms with Crippen molar-refractivity contribution >= 4 is 6.47 Å².